The second-order valence-corrected chi connectivity index (χ2v) is 4.39. The fourth-order valence-electron chi connectivity index (χ4n) is 0.992. The van der Waals surface area contributed by atoms with Crippen molar-refractivity contribution in [3.8, 4) is 0 Å². The molecule has 0 fully saturated rings. The van der Waals surface area contributed by atoms with Gasteiger partial charge in [0.25, 0.3) is 0 Å². The number of nitrogens with one attached hydrogen (secondary N) is 1. The maximum absolute atomic E-state index is 12.6. The lowest BCUT2D eigenvalue weighted by Gasteiger charge is -2.27. The van der Waals surface area contributed by atoms with Crippen LogP contribution in [0.15, 0.2) is 0 Å². The minimum absolute atomic E-state index is 0.0544. The van der Waals surface area contributed by atoms with Gasteiger partial charge in [-0.3, -0.25) is 9.59 Å². The average molecular weight is 283 g/mol. The highest BCUT2D eigenvalue weighted by atomic mass is 19.4. The van der Waals surface area contributed by atoms with Gasteiger partial charge in [-0.05, 0) is 27.7 Å². The zero-order valence-electron chi connectivity index (χ0n) is 11.1. The number of halogens is 3. The molecule has 0 spiro atoms. The summed E-state index contributed by atoms with van der Waals surface area (Å²) in [4.78, 5) is 34.1. The molecule has 1 amide bonds. The number of Topliss-reactive ketones (excluding diaryl/α,β-unsaturated/α-hetero) is 1. The molecule has 1 atom stereocenters. The van der Waals surface area contributed by atoms with Gasteiger partial charge in [-0.2, -0.15) is 13.2 Å². The first kappa shape index (κ1) is 17.4. The second kappa shape index (κ2) is 6.03. The first-order chi connectivity index (χ1) is 8.45. The van der Waals surface area contributed by atoms with E-state index in [2.05, 4.69) is 4.74 Å². The van der Waals surface area contributed by atoms with Crippen LogP contribution in [0, 0.1) is 5.41 Å². The summed E-state index contributed by atoms with van der Waals surface area (Å²) in [6, 6.07) is -1.73. The standard InChI is InChI=1S/C11H16F3NO4/c1-5-19-8(17)7(6(2)16)15-9(18)10(3,4)11(12,13)14/h7H,5H2,1-4H3,(H,15,18). The van der Waals surface area contributed by atoms with Gasteiger partial charge in [0, 0.05) is 0 Å². The van der Waals surface area contributed by atoms with E-state index in [0.717, 1.165) is 6.92 Å². The van der Waals surface area contributed by atoms with Crippen LogP contribution in [-0.2, 0) is 19.1 Å². The molecule has 5 nitrogen and oxygen atoms in total. The molecule has 0 aliphatic carbocycles. The van der Waals surface area contributed by atoms with Crippen molar-refractivity contribution in [3.63, 3.8) is 0 Å². The normalized spacial score (nSPS) is 13.6. The minimum Gasteiger partial charge on any atom is -0.464 e. The molecule has 1 N–H and O–H groups in total. The Balaban J connectivity index is 5.03. The fraction of sp³-hybridized carbons (Fsp3) is 0.727. The van der Waals surface area contributed by atoms with Gasteiger partial charge in [0.15, 0.2) is 11.8 Å². The lowest BCUT2D eigenvalue weighted by molar-refractivity contribution is -0.212. The molecule has 0 rings (SSSR count). The van der Waals surface area contributed by atoms with Crippen molar-refractivity contribution in [3.05, 3.63) is 0 Å². The van der Waals surface area contributed by atoms with Crippen LogP contribution in [0.1, 0.15) is 27.7 Å². The van der Waals surface area contributed by atoms with Crippen molar-refractivity contribution in [1.82, 2.24) is 5.32 Å². The van der Waals surface area contributed by atoms with Crippen LogP contribution in [0.3, 0.4) is 0 Å². The number of hydrogen-bond acceptors (Lipinski definition) is 4. The van der Waals surface area contributed by atoms with Gasteiger partial charge >= 0.3 is 12.1 Å². The molecule has 1 unspecified atom stereocenters. The van der Waals surface area contributed by atoms with Crippen LogP contribution >= 0.6 is 0 Å². The van der Waals surface area contributed by atoms with E-state index in [9.17, 15) is 27.6 Å². The molecule has 0 saturated heterocycles. The molecule has 0 aliphatic heterocycles. The van der Waals surface area contributed by atoms with Crippen LogP contribution in [0.5, 0.6) is 0 Å². The van der Waals surface area contributed by atoms with Crippen LogP contribution in [0.4, 0.5) is 13.2 Å². The largest absolute Gasteiger partial charge is 0.464 e. The summed E-state index contributed by atoms with van der Waals surface area (Å²) in [6.07, 6.45) is -4.80. The van der Waals surface area contributed by atoms with Gasteiger partial charge in [-0.25, -0.2) is 4.79 Å². The zero-order valence-corrected chi connectivity index (χ0v) is 11.1. The van der Waals surface area contributed by atoms with Crippen LogP contribution in [0.2, 0.25) is 0 Å². The van der Waals surface area contributed by atoms with Crippen molar-refractivity contribution in [2.24, 2.45) is 5.41 Å². The summed E-state index contributed by atoms with van der Waals surface area (Å²) in [5, 5.41) is 1.76. The van der Waals surface area contributed by atoms with Crippen molar-refractivity contribution in [1.29, 1.82) is 0 Å². The number of rotatable bonds is 5. The molecule has 0 radical (unpaired) electrons. The van der Waals surface area contributed by atoms with Gasteiger partial charge in [-0.15, -0.1) is 0 Å². The molecule has 19 heavy (non-hydrogen) atoms. The Labute approximate surface area is 108 Å². The predicted molar refractivity (Wildman–Crippen MR) is 59.1 cm³/mol. The molecule has 110 valence electrons. The summed E-state index contributed by atoms with van der Waals surface area (Å²) >= 11 is 0. The second-order valence-electron chi connectivity index (χ2n) is 4.39. The molecule has 0 aromatic heterocycles. The van der Waals surface area contributed by atoms with Crippen molar-refractivity contribution in [2.45, 2.75) is 39.9 Å². The van der Waals surface area contributed by atoms with Gasteiger partial charge in [0.05, 0.1) is 6.61 Å². The Morgan fingerprint density at radius 1 is 1.21 bits per heavy atom. The maximum atomic E-state index is 12.6. The van der Waals surface area contributed by atoms with E-state index < -0.39 is 35.3 Å². The Kier molecular flexibility index (Phi) is 5.52. The number of carbonyl (C=O) groups is 3. The molecule has 0 bridgehead atoms. The number of amides is 1. The van der Waals surface area contributed by atoms with Crippen LogP contribution < -0.4 is 5.32 Å². The van der Waals surface area contributed by atoms with Crippen molar-refractivity contribution in [2.75, 3.05) is 6.61 Å². The number of ether oxygens (including phenoxy) is 1. The lowest BCUT2D eigenvalue weighted by atomic mass is 9.91. The zero-order chi connectivity index (χ0) is 15.4. The topological polar surface area (TPSA) is 72.5 Å². The predicted octanol–water partition coefficient (Wildman–Crippen LogP) is 1.21. The third-order valence-corrected chi connectivity index (χ3v) is 2.48. The van der Waals surface area contributed by atoms with Gasteiger partial charge in [0.2, 0.25) is 5.91 Å². The van der Waals surface area contributed by atoms with Crippen molar-refractivity contribution >= 4 is 17.7 Å². The van der Waals surface area contributed by atoms with E-state index >= 15 is 0 Å². The minimum atomic E-state index is -4.80. The van der Waals surface area contributed by atoms with Crippen LogP contribution in [0.25, 0.3) is 0 Å². The Bertz CT molecular complexity index is 377. The molecular weight excluding hydrogens is 267 g/mol. The number of alkyl halides is 3. The lowest BCUT2D eigenvalue weighted by Crippen LogP contribution is -2.54. The molecule has 0 saturated carbocycles. The third kappa shape index (κ3) is 4.22. The van der Waals surface area contributed by atoms with E-state index in [1.165, 1.54) is 6.92 Å². The van der Waals surface area contributed by atoms with Crippen LogP contribution in [-0.4, -0.2) is 36.5 Å². The molecule has 0 aliphatic rings. The Hall–Kier alpha value is -1.60. The first-order valence-corrected chi connectivity index (χ1v) is 5.50. The molecular formula is C11H16F3NO4. The summed E-state index contributed by atoms with van der Waals surface area (Å²) < 4.78 is 42.4. The maximum Gasteiger partial charge on any atom is 0.402 e. The Morgan fingerprint density at radius 3 is 2.00 bits per heavy atom. The Morgan fingerprint density at radius 2 is 1.68 bits per heavy atom. The third-order valence-electron chi connectivity index (χ3n) is 2.48. The number of carbonyl (C=O) groups excluding carboxylic acids is 3. The summed E-state index contributed by atoms with van der Waals surface area (Å²) in [5.41, 5.74) is -2.72. The highest BCUT2D eigenvalue weighted by molar-refractivity contribution is 6.05. The summed E-state index contributed by atoms with van der Waals surface area (Å²) in [7, 11) is 0. The molecule has 0 aromatic rings. The molecule has 8 heteroatoms. The first-order valence-electron chi connectivity index (χ1n) is 5.50. The highest BCUT2D eigenvalue weighted by Gasteiger charge is 2.53. The number of ketones is 1. The monoisotopic (exact) mass is 283 g/mol. The summed E-state index contributed by atoms with van der Waals surface area (Å²) in [6.45, 7) is 3.70. The highest BCUT2D eigenvalue weighted by Crippen LogP contribution is 2.37. The quantitative estimate of drug-likeness (QED) is 0.608. The SMILES string of the molecule is CCOC(=O)C(NC(=O)C(C)(C)C(F)(F)F)C(C)=O. The molecule has 0 heterocycles. The van der Waals surface area contributed by atoms with E-state index in [0.29, 0.717) is 13.8 Å². The number of hydrogen-bond donors (Lipinski definition) is 1. The van der Waals surface area contributed by atoms with E-state index in [4.69, 9.17) is 0 Å². The van der Waals surface area contributed by atoms with E-state index in [1.54, 1.807) is 5.32 Å². The fourth-order valence-corrected chi connectivity index (χ4v) is 0.992. The average Bonchev–Trinajstić information content (AvgIpc) is 2.23. The summed E-state index contributed by atoms with van der Waals surface area (Å²) in [5.74, 6) is -3.35. The van der Waals surface area contributed by atoms with Gasteiger partial charge < -0.3 is 10.1 Å². The molecule has 0 aromatic carbocycles. The van der Waals surface area contributed by atoms with E-state index in [1.807, 2.05) is 0 Å². The van der Waals surface area contributed by atoms with Gasteiger partial charge in [-0.1, -0.05) is 0 Å². The van der Waals surface area contributed by atoms with Crippen molar-refractivity contribution < 1.29 is 32.3 Å². The van der Waals surface area contributed by atoms with Gasteiger partial charge in [0.1, 0.15) is 5.41 Å². The smallest absolute Gasteiger partial charge is 0.402 e. The number of esters is 1. The van der Waals surface area contributed by atoms with E-state index in [-0.39, 0.29) is 6.61 Å².